The van der Waals surface area contributed by atoms with Crippen molar-refractivity contribution in [1.29, 1.82) is 0 Å². The number of para-hydroxylation sites is 1. The molecular formula is C33H40N2O5. The Morgan fingerprint density at radius 2 is 1.68 bits per heavy atom. The molecule has 40 heavy (non-hydrogen) atoms. The number of benzene rings is 3. The maximum atomic E-state index is 13.4. The zero-order valence-electron chi connectivity index (χ0n) is 23.8. The molecule has 1 aliphatic carbocycles. The van der Waals surface area contributed by atoms with Crippen LogP contribution in [0.25, 0.3) is 0 Å². The van der Waals surface area contributed by atoms with E-state index in [-0.39, 0.29) is 17.7 Å². The fraction of sp³-hybridized carbons (Fsp3) is 0.424. The van der Waals surface area contributed by atoms with E-state index in [1.807, 2.05) is 36.4 Å². The summed E-state index contributed by atoms with van der Waals surface area (Å²) in [5.74, 6) is 3.27. The summed E-state index contributed by atoms with van der Waals surface area (Å²) in [5.41, 5.74) is 4.93. The topological polar surface area (TPSA) is 69.3 Å². The van der Waals surface area contributed by atoms with Gasteiger partial charge in [-0.05, 0) is 72.7 Å². The standard InChI is InChI=1S/C33H40N2O5/c1-37-30-10-5-4-7-27(30)18-34-33(36)28-15-24(22-40-29-13-12-25-8-6-9-26(25)17-29)20-35(21-28)19-23-11-14-31(38-2)32(16-23)39-3/h4-5,7,10-14,16-17,24,28H,6,8-9,15,18-22H2,1-3H3,(H,34,36)/t24-,28+/m0/s1. The average molecular weight is 545 g/mol. The fourth-order valence-corrected chi connectivity index (χ4v) is 6.01. The summed E-state index contributed by atoms with van der Waals surface area (Å²) in [6.07, 6.45) is 4.29. The Balaban J connectivity index is 1.27. The summed E-state index contributed by atoms with van der Waals surface area (Å²) in [7, 11) is 4.94. The molecule has 5 rings (SSSR count). The average Bonchev–Trinajstić information content (AvgIpc) is 3.47. The molecular weight excluding hydrogens is 504 g/mol. The van der Waals surface area contributed by atoms with Crippen molar-refractivity contribution >= 4 is 5.91 Å². The van der Waals surface area contributed by atoms with E-state index in [0.29, 0.717) is 37.7 Å². The normalized spacial score (nSPS) is 18.6. The van der Waals surface area contributed by atoms with Crippen LogP contribution in [-0.2, 0) is 30.7 Å². The van der Waals surface area contributed by atoms with Crippen LogP contribution in [0.3, 0.4) is 0 Å². The predicted octanol–water partition coefficient (Wildman–Crippen LogP) is 5.03. The van der Waals surface area contributed by atoms with Crippen molar-refractivity contribution in [2.75, 3.05) is 41.0 Å². The predicted molar refractivity (Wildman–Crippen MR) is 155 cm³/mol. The minimum atomic E-state index is -0.141. The van der Waals surface area contributed by atoms with E-state index in [9.17, 15) is 4.79 Å². The molecule has 7 heteroatoms. The number of aryl methyl sites for hydroxylation is 2. The Labute approximate surface area is 237 Å². The van der Waals surface area contributed by atoms with E-state index in [0.717, 1.165) is 48.4 Å². The Bertz CT molecular complexity index is 1310. The van der Waals surface area contributed by atoms with Crippen LogP contribution in [0.2, 0.25) is 0 Å². The number of nitrogens with zero attached hydrogens (tertiary/aromatic N) is 1. The zero-order chi connectivity index (χ0) is 27.9. The molecule has 0 spiro atoms. The van der Waals surface area contributed by atoms with E-state index in [2.05, 4.69) is 34.5 Å². The van der Waals surface area contributed by atoms with E-state index in [4.69, 9.17) is 18.9 Å². The lowest BCUT2D eigenvalue weighted by molar-refractivity contribution is -0.128. The molecule has 2 atom stereocenters. The van der Waals surface area contributed by atoms with E-state index in [1.165, 1.54) is 17.5 Å². The number of piperidine rings is 1. The number of fused-ring (bicyclic) bond motifs is 1. The number of carbonyl (C=O) groups is 1. The molecule has 3 aromatic carbocycles. The molecule has 0 unspecified atom stereocenters. The summed E-state index contributed by atoms with van der Waals surface area (Å²) in [4.78, 5) is 15.8. The van der Waals surface area contributed by atoms with Crippen LogP contribution in [0.1, 0.15) is 35.1 Å². The molecule has 0 bridgehead atoms. The van der Waals surface area contributed by atoms with E-state index >= 15 is 0 Å². The van der Waals surface area contributed by atoms with Crippen LogP contribution in [0.5, 0.6) is 23.0 Å². The number of ether oxygens (including phenoxy) is 4. The molecule has 0 radical (unpaired) electrons. The van der Waals surface area contributed by atoms with Gasteiger partial charge in [0, 0.05) is 37.7 Å². The molecule has 1 aliphatic heterocycles. The van der Waals surface area contributed by atoms with Gasteiger partial charge in [0.1, 0.15) is 11.5 Å². The van der Waals surface area contributed by atoms with Gasteiger partial charge in [-0.15, -0.1) is 0 Å². The summed E-state index contributed by atoms with van der Waals surface area (Å²) < 4.78 is 22.7. The fourth-order valence-electron chi connectivity index (χ4n) is 6.01. The molecule has 1 N–H and O–H groups in total. The first-order chi connectivity index (χ1) is 19.6. The van der Waals surface area contributed by atoms with Crippen LogP contribution in [0.4, 0.5) is 0 Å². The van der Waals surface area contributed by atoms with E-state index < -0.39 is 0 Å². The van der Waals surface area contributed by atoms with Gasteiger partial charge in [-0.2, -0.15) is 0 Å². The van der Waals surface area contributed by atoms with Gasteiger partial charge in [-0.3, -0.25) is 9.69 Å². The van der Waals surface area contributed by atoms with E-state index in [1.54, 1.807) is 21.3 Å². The Hall–Kier alpha value is -3.71. The lowest BCUT2D eigenvalue weighted by Crippen LogP contribution is -2.47. The van der Waals surface area contributed by atoms with Gasteiger partial charge < -0.3 is 24.3 Å². The highest BCUT2D eigenvalue weighted by Gasteiger charge is 2.32. The third kappa shape index (κ3) is 6.70. The largest absolute Gasteiger partial charge is 0.496 e. The number of nitrogens with one attached hydrogen (secondary N) is 1. The highest BCUT2D eigenvalue weighted by molar-refractivity contribution is 5.79. The molecule has 0 aromatic heterocycles. The van der Waals surface area contributed by atoms with Gasteiger partial charge >= 0.3 is 0 Å². The molecule has 2 aliphatic rings. The molecule has 0 saturated carbocycles. The van der Waals surface area contributed by atoms with Crippen LogP contribution >= 0.6 is 0 Å². The SMILES string of the molecule is COc1ccccc1CNC(=O)[C@@H]1C[C@H](COc2ccc3c(c2)CCC3)CN(Cc2ccc(OC)c(OC)c2)C1. The monoisotopic (exact) mass is 544 g/mol. The minimum Gasteiger partial charge on any atom is -0.496 e. The Morgan fingerprint density at radius 3 is 2.50 bits per heavy atom. The molecule has 1 fully saturated rings. The Kier molecular flexibility index (Phi) is 9.12. The molecule has 1 saturated heterocycles. The van der Waals surface area contributed by atoms with Crippen molar-refractivity contribution in [2.24, 2.45) is 11.8 Å². The smallest absolute Gasteiger partial charge is 0.224 e. The van der Waals surface area contributed by atoms with Crippen molar-refractivity contribution < 1.29 is 23.7 Å². The van der Waals surface area contributed by atoms with Crippen molar-refractivity contribution in [3.8, 4) is 23.0 Å². The lowest BCUT2D eigenvalue weighted by atomic mass is 9.88. The quantitative estimate of drug-likeness (QED) is 0.365. The summed E-state index contributed by atoms with van der Waals surface area (Å²) >= 11 is 0. The number of carbonyl (C=O) groups excluding carboxylic acids is 1. The molecule has 212 valence electrons. The lowest BCUT2D eigenvalue weighted by Gasteiger charge is -2.37. The highest BCUT2D eigenvalue weighted by atomic mass is 16.5. The maximum absolute atomic E-state index is 13.4. The van der Waals surface area contributed by atoms with Gasteiger partial charge in [0.25, 0.3) is 0 Å². The highest BCUT2D eigenvalue weighted by Crippen LogP contribution is 2.31. The second kappa shape index (κ2) is 13.1. The molecule has 1 amide bonds. The number of hydrogen-bond donors (Lipinski definition) is 1. The molecule has 1 heterocycles. The van der Waals surface area contributed by atoms with Crippen molar-refractivity contribution in [1.82, 2.24) is 10.2 Å². The number of hydrogen-bond acceptors (Lipinski definition) is 6. The van der Waals surface area contributed by atoms with Gasteiger partial charge in [0.15, 0.2) is 11.5 Å². The first-order valence-electron chi connectivity index (χ1n) is 14.1. The zero-order valence-corrected chi connectivity index (χ0v) is 23.8. The van der Waals surface area contributed by atoms with Gasteiger partial charge in [0.05, 0.1) is 33.9 Å². The van der Waals surface area contributed by atoms with Crippen molar-refractivity contribution in [2.45, 2.75) is 38.8 Å². The van der Waals surface area contributed by atoms with Crippen LogP contribution < -0.4 is 24.3 Å². The number of amides is 1. The first-order valence-corrected chi connectivity index (χ1v) is 14.1. The third-order valence-corrected chi connectivity index (χ3v) is 8.04. The second-order valence-electron chi connectivity index (χ2n) is 10.8. The number of methoxy groups -OCH3 is 3. The van der Waals surface area contributed by atoms with Crippen molar-refractivity contribution in [3.05, 3.63) is 82.9 Å². The maximum Gasteiger partial charge on any atom is 0.224 e. The second-order valence-corrected chi connectivity index (χ2v) is 10.8. The number of rotatable bonds is 11. The first kappa shape index (κ1) is 27.8. The summed E-state index contributed by atoms with van der Waals surface area (Å²) in [6.45, 7) is 3.27. The summed E-state index contributed by atoms with van der Waals surface area (Å²) in [5, 5.41) is 3.16. The Morgan fingerprint density at radius 1 is 0.875 bits per heavy atom. The molecule has 7 nitrogen and oxygen atoms in total. The number of likely N-dealkylation sites (tertiary alicyclic amines) is 1. The van der Waals surface area contributed by atoms with Crippen LogP contribution in [-0.4, -0.2) is 51.8 Å². The third-order valence-electron chi connectivity index (χ3n) is 8.04. The van der Waals surface area contributed by atoms with Crippen LogP contribution in [0.15, 0.2) is 60.7 Å². The van der Waals surface area contributed by atoms with Gasteiger partial charge in [0.2, 0.25) is 5.91 Å². The van der Waals surface area contributed by atoms with Gasteiger partial charge in [-0.1, -0.05) is 30.3 Å². The summed E-state index contributed by atoms with van der Waals surface area (Å²) in [6, 6.07) is 20.3. The van der Waals surface area contributed by atoms with Gasteiger partial charge in [-0.25, -0.2) is 0 Å². The van der Waals surface area contributed by atoms with Crippen LogP contribution in [0, 0.1) is 11.8 Å². The van der Waals surface area contributed by atoms with Crippen molar-refractivity contribution in [3.63, 3.8) is 0 Å². The minimum absolute atomic E-state index is 0.0606. The molecule has 3 aromatic rings.